The monoisotopic (exact) mass is 436 g/mol. The van der Waals surface area contributed by atoms with Crippen LogP contribution in [0.25, 0.3) is 0 Å². The summed E-state index contributed by atoms with van der Waals surface area (Å²) in [4.78, 5) is 40.1. The number of halogens is 1. The van der Waals surface area contributed by atoms with E-state index in [9.17, 15) is 18.8 Å². The fourth-order valence-electron chi connectivity index (χ4n) is 5.11. The normalized spacial score (nSPS) is 21.8. The first-order chi connectivity index (χ1) is 15.5. The average Bonchev–Trinajstić information content (AvgIpc) is 3.53. The summed E-state index contributed by atoms with van der Waals surface area (Å²) in [5.74, 6) is -1.35. The molecule has 0 aromatic heterocycles. The molecule has 2 fully saturated rings. The van der Waals surface area contributed by atoms with E-state index in [1.807, 2.05) is 0 Å². The molecule has 1 aliphatic carbocycles. The summed E-state index contributed by atoms with van der Waals surface area (Å²) < 4.78 is 19.0. The minimum Gasteiger partial charge on any atom is -0.376 e. The Morgan fingerprint density at radius 3 is 2.44 bits per heavy atom. The Morgan fingerprint density at radius 1 is 1.03 bits per heavy atom. The lowest BCUT2D eigenvalue weighted by Crippen LogP contribution is -2.43. The molecule has 2 heterocycles. The smallest absolute Gasteiger partial charge is 0.261 e. The first kappa shape index (κ1) is 20.8. The van der Waals surface area contributed by atoms with Gasteiger partial charge in [0.25, 0.3) is 17.7 Å². The van der Waals surface area contributed by atoms with Crippen LogP contribution in [0.2, 0.25) is 0 Å². The molecule has 3 amide bonds. The third-order valence-electron chi connectivity index (χ3n) is 6.85. The lowest BCUT2D eigenvalue weighted by atomic mass is 9.87. The minimum atomic E-state index is -0.560. The maximum atomic E-state index is 13.4. The molecule has 1 atom stereocenters. The standard InChI is InChI=1S/C25H25FN2O4/c26-18-8-6-17(7-9-18)25(11-1-2-12-25)27-22(29)16-5-10-20-21(14-16)24(31)28(23(20)30)15-19-4-3-13-32-19/h5-10,14,19H,1-4,11-13,15H2,(H,27,29). The highest BCUT2D eigenvalue weighted by molar-refractivity contribution is 6.22. The van der Waals surface area contributed by atoms with Crippen LogP contribution in [0.4, 0.5) is 4.39 Å². The number of fused-ring (bicyclic) bond motifs is 1. The van der Waals surface area contributed by atoms with E-state index >= 15 is 0 Å². The van der Waals surface area contributed by atoms with Crippen molar-refractivity contribution >= 4 is 17.7 Å². The lowest BCUT2D eigenvalue weighted by molar-refractivity contribution is 0.0475. The summed E-state index contributed by atoms with van der Waals surface area (Å²) in [6.45, 7) is 0.884. The summed E-state index contributed by atoms with van der Waals surface area (Å²) in [5, 5.41) is 3.14. The molecule has 1 saturated heterocycles. The predicted octanol–water partition coefficient (Wildman–Crippen LogP) is 3.80. The van der Waals surface area contributed by atoms with Gasteiger partial charge in [-0.2, -0.15) is 0 Å². The number of amides is 3. The third kappa shape index (κ3) is 3.60. The van der Waals surface area contributed by atoms with E-state index in [0.717, 1.165) is 44.1 Å². The van der Waals surface area contributed by atoms with E-state index in [4.69, 9.17) is 4.74 Å². The molecular weight excluding hydrogens is 411 g/mol. The van der Waals surface area contributed by atoms with Crippen molar-refractivity contribution in [2.24, 2.45) is 0 Å². The topological polar surface area (TPSA) is 75.7 Å². The number of hydrogen-bond donors (Lipinski definition) is 1. The zero-order valence-corrected chi connectivity index (χ0v) is 17.7. The van der Waals surface area contributed by atoms with E-state index in [0.29, 0.717) is 17.7 Å². The van der Waals surface area contributed by atoms with Gasteiger partial charge in [0.2, 0.25) is 0 Å². The molecule has 0 radical (unpaired) electrons. The van der Waals surface area contributed by atoms with E-state index in [-0.39, 0.29) is 41.8 Å². The number of carbonyl (C=O) groups excluding carboxylic acids is 3. The molecule has 32 heavy (non-hydrogen) atoms. The quantitative estimate of drug-likeness (QED) is 0.724. The molecule has 2 aromatic carbocycles. The fraction of sp³-hybridized carbons (Fsp3) is 0.400. The average molecular weight is 436 g/mol. The van der Waals surface area contributed by atoms with Crippen LogP contribution in [0, 0.1) is 5.82 Å². The number of rotatable bonds is 5. The van der Waals surface area contributed by atoms with E-state index in [1.165, 1.54) is 23.1 Å². The number of hydrogen-bond acceptors (Lipinski definition) is 4. The van der Waals surface area contributed by atoms with Gasteiger partial charge in [-0.25, -0.2) is 4.39 Å². The molecule has 1 unspecified atom stereocenters. The number of imide groups is 1. The number of benzene rings is 2. The van der Waals surface area contributed by atoms with Crippen molar-refractivity contribution < 1.29 is 23.5 Å². The molecule has 0 spiro atoms. The molecule has 166 valence electrons. The molecular formula is C25H25FN2O4. The molecule has 2 aromatic rings. The van der Waals surface area contributed by atoms with Crippen LogP contribution in [0.1, 0.15) is 75.2 Å². The number of ether oxygens (including phenoxy) is 1. The van der Waals surface area contributed by atoms with Crippen LogP contribution < -0.4 is 5.32 Å². The molecule has 7 heteroatoms. The SMILES string of the molecule is O=C(NC1(c2ccc(F)cc2)CCCC1)c1ccc2c(c1)C(=O)N(CC1CCCO1)C2=O. The number of carbonyl (C=O) groups is 3. The zero-order chi connectivity index (χ0) is 22.3. The van der Waals surface area contributed by atoms with Crippen LogP contribution in [0.3, 0.4) is 0 Å². The van der Waals surface area contributed by atoms with Crippen LogP contribution in [-0.2, 0) is 10.3 Å². The van der Waals surface area contributed by atoms with Crippen LogP contribution in [0.5, 0.6) is 0 Å². The largest absolute Gasteiger partial charge is 0.376 e. The first-order valence-corrected chi connectivity index (χ1v) is 11.2. The maximum Gasteiger partial charge on any atom is 0.261 e. The first-order valence-electron chi connectivity index (χ1n) is 11.2. The zero-order valence-electron chi connectivity index (χ0n) is 17.7. The van der Waals surface area contributed by atoms with Crippen molar-refractivity contribution in [1.82, 2.24) is 10.2 Å². The Balaban J connectivity index is 1.38. The van der Waals surface area contributed by atoms with Gasteiger partial charge in [-0.15, -0.1) is 0 Å². The number of nitrogens with zero attached hydrogens (tertiary/aromatic N) is 1. The fourth-order valence-corrected chi connectivity index (χ4v) is 5.11. The molecule has 3 aliphatic rings. The Hall–Kier alpha value is -3.06. The lowest BCUT2D eigenvalue weighted by Gasteiger charge is -2.31. The van der Waals surface area contributed by atoms with Crippen LogP contribution in [0.15, 0.2) is 42.5 Å². The van der Waals surface area contributed by atoms with Crippen molar-refractivity contribution in [2.45, 2.75) is 50.2 Å². The van der Waals surface area contributed by atoms with E-state index in [1.54, 1.807) is 24.3 Å². The Bertz CT molecular complexity index is 1070. The van der Waals surface area contributed by atoms with Gasteiger partial charge in [-0.1, -0.05) is 25.0 Å². The van der Waals surface area contributed by atoms with Gasteiger partial charge in [-0.3, -0.25) is 19.3 Å². The van der Waals surface area contributed by atoms with Gasteiger partial charge >= 0.3 is 0 Å². The molecule has 1 N–H and O–H groups in total. The van der Waals surface area contributed by atoms with Crippen LogP contribution >= 0.6 is 0 Å². The second-order valence-electron chi connectivity index (χ2n) is 8.87. The highest BCUT2D eigenvalue weighted by Gasteiger charge is 2.40. The Morgan fingerprint density at radius 2 is 1.75 bits per heavy atom. The minimum absolute atomic E-state index is 0.127. The van der Waals surface area contributed by atoms with Gasteiger partial charge < -0.3 is 10.1 Å². The summed E-state index contributed by atoms with van der Waals surface area (Å²) in [6, 6.07) is 10.9. The molecule has 0 bridgehead atoms. The molecule has 5 rings (SSSR count). The molecule has 2 aliphatic heterocycles. The second-order valence-corrected chi connectivity index (χ2v) is 8.87. The van der Waals surface area contributed by atoms with Crippen molar-refractivity contribution in [2.75, 3.05) is 13.2 Å². The van der Waals surface area contributed by atoms with Gasteiger partial charge in [0, 0.05) is 12.2 Å². The molecule has 1 saturated carbocycles. The molecule has 6 nitrogen and oxygen atoms in total. The predicted molar refractivity (Wildman–Crippen MR) is 115 cm³/mol. The second kappa shape index (κ2) is 8.13. The van der Waals surface area contributed by atoms with E-state index < -0.39 is 5.54 Å². The maximum absolute atomic E-state index is 13.4. The van der Waals surface area contributed by atoms with Crippen molar-refractivity contribution in [1.29, 1.82) is 0 Å². The van der Waals surface area contributed by atoms with Crippen molar-refractivity contribution in [3.8, 4) is 0 Å². The number of nitrogens with one attached hydrogen (secondary N) is 1. The highest BCUT2D eigenvalue weighted by Crippen LogP contribution is 2.39. The van der Waals surface area contributed by atoms with Gasteiger partial charge in [-0.05, 0) is 61.6 Å². The summed E-state index contributed by atoms with van der Waals surface area (Å²) in [7, 11) is 0. The van der Waals surface area contributed by atoms with Gasteiger partial charge in [0.1, 0.15) is 5.82 Å². The van der Waals surface area contributed by atoms with Gasteiger partial charge in [0.05, 0.1) is 29.3 Å². The third-order valence-corrected chi connectivity index (χ3v) is 6.85. The van der Waals surface area contributed by atoms with Crippen LogP contribution in [-0.4, -0.2) is 41.9 Å². The van der Waals surface area contributed by atoms with Gasteiger partial charge in [0.15, 0.2) is 0 Å². The highest BCUT2D eigenvalue weighted by atomic mass is 19.1. The Labute approximate surface area is 185 Å². The van der Waals surface area contributed by atoms with E-state index in [2.05, 4.69) is 5.32 Å². The Kier molecular flexibility index (Phi) is 5.29. The summed E-state index contributed by atoms with van der Waals surface area (Å²) in [6.07, 6.45) is 5.09. The summed E-state index contributed by atoms with van der Waals surface area (Å²) >= 11 is 0. The summed E-state index contributed by atoms with van der Waals surface area (Å²) in [5.41, 5.74) is 1.22. The van der Waals surface area contributed by atoms with Crippen molar-refractivity contribution in [3.63, 3.8) is 0 Å². The van der Waals surface area contributed by atoms with Crippen molar-refractivity contribution in [3.05, 3.63) is 70.5 Å².